The minimum absolute atomic E-state index is 0.242. The highest BCUT2D eigenvalue weighted by Gasteiger charge is 2.48. The van der Waals surface area contributed by atoms with Crippen molar-refractivity contribution in [2.75, 3.05) is 6.61 Å². The SMILES string of the molecule is CCOC1CC(NCc2cscn2)C1(C)C. The van der Waals surface area contributed by atoms with Gasteiger partial charge in [-0.15, -0.1) is 11.3 Å². The molecule has 1 aromatic rings. The molecule has 1 N–H and O–H groups in total. The van der Waals surface area contributed by atoms with E-state index < -0.39 is 0 Å². The van der Waals surface area contributed by atoms with Crippen LogP contribution in [0.3, 0.4) is 0 Å². The van der Waals surface area contributed by atoms with E-state index in [9.17, 15) is 0 Å². The summed E-state index contributed by atoms with van der Waals surface area (Å²) in [6.07, 6.45) is 1.52. The second-order valence-electron chi connectivity index (χ2n) is 4.91. The van der Waals surface area contributed by atoms with Crippen LogP contribution >= 0.6 is 11.3 Å². The van der Waals surface area contributed by atoms with Gasteiger partial charge >= 0.3 is 0 Å². The number of thiazole rings is 1. The second kappa shape index (κ2) is 4.82. The van der Waals surface area contributed by atoms with Gasteiger partial charge in [-0.05, 0) is 13.3 Å². The fourth-order valence-electron chi connectivity index (χ4n) is 2.27. The summed E-state index contributed by atoms with van der Waals surface area (Å²) in [6.45, 7) is 8.29. The molecule has 1 aliphatic carbocycles. The smallest absolute Gasteiger partial charge is 0.0795 e. The van der Waals surface area contributed by atoms with E-state index in [0.29, 0.717) is 12.1 Å². The number of hydrogen-bond acceptors (Lipinski definition) is 4. The molecule has 90 valence electrons. The van der Waals surface area contributed by atoms with Gasteiger partial charge in [-0.3, -0.25) is 0 Å². The molecule has 0 amide bonds. The predicted octanol–water partition coefficient (Wildman–Crippen LogP) is 2.44. The largest absolute Gasteiger partial charge is 0.378 e. The number of ether oxygens (including phenoxy) is 1. The molecule has 1 aliphatic rings. The highest BCUT2D eigenvalue weighted by molar-refractivity contribution is 7.07. The Morgan fingerprint density at radius 2 is 2.44 bits per heavy atom. The Bertz CT molecular complexity index is 324. The van der Waals surface area contributed by atoms with Crippen molar-refractivity contribution in [2.24, 2.45) is 5.41 Å². The standard InChI is InChI=1S/C12H20N2OS/c1-4-15-11-5-10(12(11,2)3)13-6-9-7-16-8-14-9/h7-8,10-11,13H,4-6H2,1-3H3. The minimum Gasteiger partial charge on any atom is -0.378 e. The van der Waals surface area contributed by atoms with E-state index in [0.717, 1.165) is 25.3 Å². The monoisotopic (exact) mass is 240 g/mol. The summed E-state index contributed by atoms with van der Waals surface area (Å²) in [5.74, 6) is 0. The molecular formula is C12H20N2OS. The number of rotatable bonds is 5. The lowest BCUT2D eigenvalue weighted by atomic mass is 9.64. The zero-order valence-corrected chi connectivity index (χ0v) is 11.0. The summed E-state index contributed by atoms with van der Waals surface area (Å²) in [4.78, 5) is 4.27. The summed E-state index contributed by atoms with van der Waals surface area (Å²) in [5.41, 5.74) is 3.26. The van der Waals surface area contributed by atoms with Crippen molar-refractivity contribution < 1.29 is 4.74 Å². The molecule has 2 rings (SSSR count). The van der Waals surface area contributed by atoms with Gasteiger partial charge in [0.2, 0.25) is 0 Å². The molecule has 0 aromatic carbocycles. The van der Waals surface area contributed by atoms with Crippen LogP contribution in [-0.2, 0) is 11.3 Å². The van der Waals surface area contributed by atoms with Crippen LogP contribution in [0.25, 0.3) is 0 Å². The van der Waals surface area contributed by atoms with E-state index in [2.05, 4.69) is 36.5 Å². The first-order valence-corrected chi connectivity index (χ1v) is 6.81. The zero-order valence-electron chi connectivity index (χ0n) is 10.2. The average molecular weight is 240 g/mol. The van der Waals surface area contributed by atoms with E-state index in [1.54, 1.807) is 11.3 Å². The maximum atomic E-state index is 5.71. The van der Waals surface area contributed by atoms with Gasteiger partial charge in [0.25, 0.3) is 0 Å². The summed E-state index contributed by atoms with van der Waals surface area (Å²) in [6, 6.07) is 0.547. The van der Waals surface area contributed by atoms with Crippen molar-refractivity contribution in [3.05, 3.63) is 16.6 Å². The fourth-order valence-corrected chi connectivity index (χ4v) is 2.83. The highest BCUT2D eigenvalue weighted by Crippen LogP contribution is 2.42. The Morgan fingerprint density at radius 1 is 1.62 bits per heavy atom. The summed E-state index contributed by atoms with van der Waals surface area (Å²) in [5, 5.41) is 5.66. The van der Waals surface area contributed by atoms with Crippen molar-refractivity contribution in [3.63, 3.8) is 0 Å². The van der Waals surface area contributed by atoms with E-state index >= 15 is 0 Å². The van der Waals surface area contributed by atoms with Gasteiger partial charge in [-0.1, -0.05) is 13.8 Å². The third-order valence-corrected chi connectivity index (χ3v) is 4.19. The van der Waals surface area contributed by atoms with E-state index in [4.69, 9.17) is 4.74 Å². The van der Waals surface area contributed by atoms with Crippen LogP contribution in [0.1, 0.15) is 32.9 Å². The van der Waals surface area contributed by atoms with Crippen LogP contribution in [0.15, 0.2) is 10.9 Å². The van der Waals surface area contributed by atoms with Crippen LogP contribution in [0.5, 0.6) is 0 Å². The zero-order chi connectivity index (χ0) is 11.6. The molecule has 0 bridgehead atoms. The van der Waals surface area contributed by atoms with Gasteiger partial charge < -0.3 is 10.1 Å². The van der Waals surface area contributed by atoms with Gasteiger partial charge in [0.05, 0.1) is 17.3 Å². The van der Waals surface area contributed by atoms with Crippen LogP contribution in [0.2, 0.25) is 0 Å². The normalized spacial score (nSPS) is 27.7. The van der Waals surface area contributed by atoms with Gasteiger partial charge in [0.15, 0.2) is 0 Å². The Morgan fingerprint density at radius 3 is 3.00 bits per heavy atom. The maximum Gasteiger partial charge on any atom is 0.0795 e. The molecular weight excluding hydrogens is 220 g/mol. The molecule has 1 aromatic heterocycles. The molecule has 1 saturated carbocycles. The molecule has 1 fully saturated rings. The van der Waals surface area contributed by atoms with Gasteiger partial charge in [-0.2, -0.15) is 0 Å². The fraction of sp³-hybridized carbons (Fsp3) is 0.750. The lowest BCUT2D eigenvalue weighted by Crippen LogP contribution is -2.60. The van der Waals surface area contributed by atoms with Gasteiger partial charge in [0, 0.05) is 30.0 Å². The first kappa shape index (κ1) is 12.0. The number of hydrogen-bond donors (Lipinski definition) is 1. The Kier molecular flexibility index (Phi) is 3.62. The third kappa shape index (κ3) is 2.29. The van der Waals surface area contributed by atoms with Crippen molar-refractivity contribution in [1.82, 2.24) is 10.3 Å². The van der Waals surface area contributed by atoms with Crippen molar-refractivity contribution in [2.45, 2.75) is 45.9 Å². The van der Waals surface area contributed by atoms with Crippen molar-refractivity contribution >= 4 is 11.3 Å². The van der Waals surface area contributed by atoms with Crippen LogP contribution in [0.4, 0.5) is 0 Å². The van der Waals surface area contributed by atoms with E-state index in [1.807, 2.05) is 5.51 Å². The second-order valence-corrected chi connectivity index (χ2v) is 5.63. The number of nitrogens with one attached hydrogen (secondary N) is 1. The molecule has 3 nitrogen and oxygen atoms in total. The first-order valence-electron chi connectivity index (χ1n) is 5.86. The summed E-state index contributed by atoms with van der Waals surface area (Å²) in [7, 11) is 0. The van der Waals surface area contributed by atoms with Crippen molar-refractivity contribution in [3.8, 4) is 0 Å². The lowest BCUT2D eigenvalue weighted by Gasteiger charge is -2.51. The van der Waals surface area contributed by atoms with E-state index in [1.165, 1.54) is 0 Å². The predicted molar refractivity (Wildman–Crippen MR) is 66.6 cm³/mol. The lowest BCUT2D eigenvalue weighted by molar-refractivity contribution is -0.114. The average Bonchev–Trinajstić information content (AvgIpc) is 2.75. The topological polar surface area (TPSA) is 34.1 Å². The van der Waals surface area contributed by atoms with Gasteiger partial charge in [-0.25, -0.2) is 4.98 Å². The highest BCUT2D eigenvalue weighted by atomic mass is 32.1. The molecule has 2 unspecified atom stereocenters. The van der Waals surface area contributed by atoms with Crippen LogP contribution in [0, 0.1) is 5.41 Å². The van der Waals surface area contributed by atoms with Crippen molar-refractivity contribution in [1.29, 1.82) is 0 Å². The summed E-state index contributed by atoms with van der Waals surface area (Å²) >= 11 is 1.65. The molecule has 0 radical (unpaired) electrons. The Hall–Kier alpha value is -0.450. The molecule has 16 heavy (non-hydrogen) atoms. The molecule has 2 atom stereocenters. The van der Waals surface area contributed by atoms with Gasteiger partial charge in [0.1, 0.15) is 0 Å². The number of aromatic nitrogens is 1. The Labute approximate surface area is 101 Å². The maximum absolute atomic E-state index is 5.71. The van der Waals surface area contributed by atoms with E-state index in [-0.39, 0.29) is 5.41 Å². The molecule has 0 spiro atoms. The van der Waals surface area contributed by atoms with Crippen LogP contribution < -0.4 is 5.32 Å². The summed E-state index contributed by atoms with van der Waals surface area (Å²) < 4.78 is 5.71. The number of nitrogens with zero attached hydrogens (tertiary/aromatic N) is 1. The first-order chi connectivity index (χ1) is 7.64. The quantitative estimate of drug-likeness (QED) is 0.858. The minimum atomic E-state index is 0.242. The molecule has 1 heterocycles. The molecule has 0 aliphatic heterocycles. The third-order valence-electron chi connectivity index (χ3n) is 3.56. The molecule has 4 heteroatoms. The Balaban J connectivity index is 1.80. The molecule has 0 saturated heterocycles. The van der Waals surface area contributed by atoms with Crippen LogP contribution in [-0.4, -0.2) is 23.7 Å².